The molecule has 0 fully saturated rings. The van der Waals surface area contributed by atoms with Crippen LogP contribution in [-0.4, -0.2) is 94.8 Å². The Morgan fingerprint density at radius 1 is 0.365 bits per heavy atom. The number of benzene rings is 2. The molecule has 22 heteroatoms. The minimum absolute atomic E-state index is 0.0609. The summed E-state index contributed by atoms with van der Waals surface area (Å²) < 4.78 is 9.41. The molecule has 12 heterocycles. The number of imide groups is 2. The summed E-state index contributed by atoms with van der Waals surface area (Å²) in [5, 5.41) is 9.55. The van der Waals surface area contributed by atoms with Crippen LogP contribution in [0.4, 0.5) is 0 Å². The molecule has 0 spiro atoms. The number of fused-ring (bicyclic) bond motifs is 14. The standard InChI is InChI=1S/C35H27NO3S5.C23H12OS4.C10H9Br2NO2S.6CH3.2Sn/c1-6-7-12-36-34(38)24-18(5)43-33(29(24)35(36)39)23-11-10-22(44-23)26-28-27(25(30(26)37)21-9-8-15(2)40-21)31-19(13-16(3)41-31)20-14-17(4)42-32(20)28;1-11-9-13-14-10-12(2)28-23(14)20-18(16-6-4-8-26-16)21(24)17(15-5-3-7-25-15)19(20)22(13)27-11;1-2-3-4-13-9(14)5-6(10(13)15)8(12)16-7(5)11;;;;;;;;/h8-11,13-14H,6-7,12H2,1-5H3;3-6,9-10H,1-2H3;2-4H2,1H3;6*1H3;;. The number of aryl methyl sites for hydroxylation is 6. The van der Waals surface area contributed by atoms with Crippen molar-refractivity contribution in [3.63, 3.8) is 0 Å². The summed E-state index contributed by atoms with van der Waals surface area (Å²) in [6.07, 6.45) is 3.52. The zero-order chi connectivity index (χ0) is 68.2. The van der Waals surface area contributed by atoms with E-state index in [2.05, 4.69) is 164 Å². The van der Waals surface area contributed by atoms with Crippen LogP contribution in [0.5, 0.6) is 0 Å². The van der Waals surface area contributed by atoms with Crippen LogP contribution in [0.3, 0.4) is 0 Å². The molecule has 16 rings (SSSR count). The Balaban J connectivity index is 0.000000136. The van der Waals surface area contributed by atoms with E-state index in [0.717, 1.165) is 105 Å². The number of amides is 4. The van der Waals surface area contributed by atoms with Crippen molar-refractivity contribution in [3.05, 3.63) is 172 Å². The van der Waals surface area contributed by atoms with E-state index in [-0.39, 0.29) is 35.2 Å². The van der Waals surface area contributed by atoms with Crippen LogP contribution in [-0.2, 0) is 9.59 Å². The molecular weight excluding hydrogens is 1730 g/mol. The summed E-state index contributed by atoms with van der Waals surface area (Å²) in [6.45, 7) is 17.7. The van der Waals surface area contributed by atoms with E-state index in [1.54, 1.807) is 45.3 Å². The zero-order valence-corrected chi connectivity index (χ0v) is 72.4. The van der Waals surface area contributed by atoms with E-state index in [1.807, 2.05) is 71.3 Å². The van der Waals surface area contributed by atoms with E-state index in [4.69, 9.17) is 0 Å². The molecule has 12 aromatic rings. The number of halogens is 2. The summed E-state index contributed by atoms with van der Waals surface area (Å²) in [5.41, 5.74) is 5.53. The molecule has 4 aliphatic rings. The number of nitrogens with zero attached hydrogens (tertiary/aromatic N) is 2. The van der Waals surface area contributed by atoms with E-state index in [0.29, 0.717) is 35.3 Å². The molecular formula is C74H66Br2N2O6S10Sn2. The van der Waals surface area contributed by atoms with Crippen LogP contribution >= 0.6 is 145 Å². The molecule has 10 aromatic heterocycles. The van der Waals surface area contributed by atoms with Crippen molar-refractivity contribution >= 4 is 286 Å². The molecule has 0 bridgehead atoms. The Bertz CT molecular complexity index is 5520. The number of ketones is 2. The topological polar surface area (TPSA) is 109 Å². The van der Waals surface area contributed by atoms with Crippen LogP contribution in [0.25, 0.3) is 72.4 Å². The number of carbonyl (C=O) groups excluding carboxylic acids is 6. The van der Waals surface area contributed by atoms with Gasteiger partial charge in [0.2, 0.25) is 0 Å². The molecule has 0 radical (unpaired) electrons. The van der Waals surface area contributed by atoms with Gasteiger partial charge >= 0.3 is 240 Å². The van der Waals surface area contributed by atoms with Crippen LogP contribution in [0, 0.1) is 41.5 Å². The summed E-state index contributed by atoms with van der Waals surface area (Å²) in [4.78, 5) is 111. The second kappa shape index (κ2) is 26.2. The predicted octanol–water partition coefficient (Wildman–Crippen LogP) is 19.2. The van der Waals surface area contributed by atoms with Crippen molar-refractivity contribution in [1.82, 2.24) is 9.80 Å². The minimum atomic E-state index is -2.25. The SMILES string of the molecule is CCCCN1C(=O)c2c(Br)sc(Br)c2C1=O.CCCCN1C(=O)c2c(C)sc(-c3ccc(C4=c5c(c6sc(C)cc6c6cc(C)sc56)=C(c5ccc(C)s5)C4=O)s3)c2C1=O.Cc1cc2c(s1)c1c(c3sc(C)cc32)=C(c2cc[c]([Sn]([CH3])([CH3])[CH3])s2)C(=O)C=1c1cc[c]([Sn]([CH3])([CH3])[CH3])s1. The van der Waals surface area contributed by atoms with Gasteiger partial charge in [-0.05, 0) is 109 Å². The zero-order valence-electron chi connectivity index (χ0n) is 55.4. The molecule has 4 amide bonds. The fourth-order valence-corrected chi connectivity index (χ4v) is 36.6. The fraction of sp³-hybridized carbons (Fsp3) is 0.270. The molecule has 490 valence electrons. The van der Waals surface area contributed by atoms with E-state index >= 15 is 0 Å². The van der Waals surface area contributed by atoms with Crippen molar-refractivity contribution < 1.29 is 28.8 Å². The summed E-state index contributed by atoms with van der Waals surface area (Å²) in [6, 6.07) is 26.5. The van der Waals surface area contributed by atoms with Crippen molar-refractivity contribution in [2.24, 2.45) is 0 Å². The first kappa shape index (κ1) is 69.2. The van der Waals surface area contributed by atoms with E-state index < -0.39 is 36.8 Å². The number of hydrogen-bond acceptors (Lipinski definition) is 16. The first-order chi connectivity index (χ1) is 45.6. The van der Waals surface area contributed by atoms with Crippen molar-refractivity contribution in [2.45, 2.75) is 111 Å². The maximum absolute atomic E-state index is 14.7. The van der Waals surface area contributed by atoms with Gasteiger partial charge in [-0.25, -0.2) is 0 Å². The number of Topliss-reactive ketones (excluding diaryl/α,β-unsaturated/α-hetero) is 2. The summed E-state index contributed by atoms with van der Waals surface area (Å²) >= 11 is 19.2. The Morgan fingerprint density at radius 3 is 1.05 bits per heavy atom. The Kier molecular flexibility index (Phi) is 18.9. The van der Waals surface area contributed by atoms with Crippen molar-refractivity contribution in [3.8, 4) is 9.75 Å². The quantitative estimate of drug-likeness (QED) is 0.0840. The molecule has 0 atom stereocenters. The molecule has 2 aliphatic heterocycles. The Morgan fingerprint density at radius 2 is 0.698 bits per heavy atom. The van der Waals surface area contributed by atoms with Gasteiger partial charge in [0.15, 0.2) is 5.78 Å². The third-order valence-corrected chi connectivity index (χ3v) is 49.2. The molecule has 8 nitrogen and oxygen atoms in total. The molecule has 0 N–H and O–H groups in total. The van der Waals surface area contributed by atoms with Gasteiger partial charge in [-0.15, -0.1) is 68.0 Å². The predicted molar refractivity (Wildman–Crippen MR) is 428 cm³/mol. The van der Waals surface area contributed by atoms with Crippen LogP contribution in [0.15, 0.2) is 80.4 Å². The fourth-order valence-electron chi connectivity index (χ4n) is 13.3. The Hall–Kier alpha value is -3.86. The maximum atomic E-state index is 14.7. The van der Waals surface area contributed by atoms with Gasteiger partial charge in [0, 0.05) is 89.0 Å². The number of carbonyl (C=O) groups is 6. The Labute approximate surface area is 622 Å². The van der Waals surface area contributed by atoms with E-state index in [1.165, 1.54) is 109 Å². The monoisotopic (exact) mass is 1800 g/mol. The molecule has 0 unspecified atom stereocenters. The normalized spacial score (nSPS) is 14.7. The van der Waals surface area contributed by atoms with Crippen LogP contribution in [0.1, 0.15) is 130 Å². The van der Waals surface area contributed by atoms with Crippen LogP contribution in [0.2, 0.25) is 29.6 Å². The van der Waals surface area contributed by atoms with Crippen molar-refractivity contribution in [2.75, 3.05) is 13.1 Å². The summed E-state index contributed by atoms with van der Waals surface area (Å²) in [7, 11) is 0. The molecule has 96 heavy (non-hydrogen) atoms. The summed E-state index contributed by atoms with van der Waals surface area (Å²) in [5.74, 6) is -0.445. The van der Waals surface area contributed by atoms with Gasteiger partial charge in [0.05, 0.1) is 34.7 Å². The van der Waals surface area contributed by atoms with Gasteiger partial charge in [0.1, 0.15) is 0 Å². The molecule has 2 aromatic carbocycles. The third kappa shape index (κ3) is 11.6. The number of hydrogen-bond donors (Lipinski definition) is 0. The second-order valence-corrected chi connectivity index (χ2v) is 72.1. The second-order valence-electron chi connectivity index (χ2n) is 26.8. The van der Waals surface area contributed by atoms with Crippen molar-refractivity contribution in [1.29, 1.82) is 0 Å². The first-order valence-corrected chi connectivity index (χ1v) is 61.6. The molecule has 2 aliphatic carbocycles. The molecule has 0 saturated heterocycles. The van der Waals surface area contributed by atoms with Gasteiger partial charge < -0.3 is 0 Å². The number of unbranched alkanes of at least 4 members (excludes halogenated alkanes) is 2. The van der Waals surface area contributed by atoms with Gasteiger partial charge in [0.25, 0.3) is 23.6 Å². The average Bonchev–Trinajstić information content (AvgIpc) is 1.55. The van der Waals surface area contributed by atoms with Crippen LogP contribution < -0.4 is 26.7 Å². The van der Waals surface area contributed by atoms with Gasteiger partial charge in [-0.1, -0.05) is 26.7 Å². The first-order valence-electron chi connectivity index (χ1n) is 31.8. The third-order valence-electron chi connectivity index (χ3n) is 17.8. The average molecular weight is 1800 g/mol. The number of thiophene rings is 10. The number of rotatable bonds is 13. The van der Waals surface area contributed by atoms with Gasteiger partial charge in [-0.2, -0.15) is 0 Å². The van der Waals surface area contributed by atoms with Gasteiger partial charge in [-0.3, -0.25) is 33.8 Å². The van der Waals surface area contributed by atoms with E-state index in [9.17, 15) is 28.8 Å². The molecule has 0 saturated carbocycles.